The predicted molar refractivity (Wildman–Crippen MR) is 156 cm³/mol. The van der Waals surface area contributed by atoms with E-state index in [1.54, 1.807) is 12.3 Å². The van der Waals surface area contributed by atoms with Gasteiger partial charge in [0.15, 0.2) is 11.6 Å². The van der Waals surface area contributed by atoms with E-state index in [0.29, 0.717) is 22.9 Å². The molecule has 7 nitrogen and oxygen atoms in total. The highest BCUT2D eigenvalue weighted by Gasteiger charge is 2.16. The zero-order chi connectivity index (χ0) is 27.7. The highest BCUT2D eigenvalue weighted by atomic mass is 32.1. The second kappa shape index (κ2) is 18.2. The molecule has 198 valence electrons. The smallest absolute Gasteiger partial charge is 0.188 e. The monoisotopic (exact) mass is 512 g/mol. The van der Waals surface area contributed by atoms with E-state index in [1.807, 2.05) is 71.1 Å². The van der Waals surface area contributed by atoms with E-state index in [9.17, 15) is 5.26 Å². The lowest BCUT2D eigenvalue weighted by Gasteiger charge is -2.13. The van der Waals surface area contributed by atoms with Crippen molar-refractivity contribution in [3.63, 3.8) is 0 Å². The van der Waals surface area contributed by atoms with Crippen LogP contribution in [0.15, 0.2) is 41.5 Å². The molecule has 1 aromatic carbocycles. The third-order valence-electron chi connectivity index (χ3n) is 4.03. The van der Waals surface area contributed by atoms with Crippen LogP contribution < -0.4 is 10.6 Å². The molecular weight excluding hydrogens is 468 g/mol. The molecule has 1 atom stereocenters. The molecule has 0 aliphatic carbocycles. The van der Waals surface area contributed by atoms with Gasteiger partial charge in [0, 0.05) is 0 Å². The molecule has 8 heteroatoms. The first kappa shape index (κ1) is 32.8. The van der Waals surface area contributed by atoms with Gasteiger partial charge < -0.3 is 20.0 Å². The number of rotatable bonds is 7. The first-order valence-electron chi connectivity index (χ1n) is 12.3. The first-order valence-corrected chi connectivity index (χ1v) is 13.1. The Morgan fingerprint density at radius 1 is 1.14 bits per heavy atom. The molecule has 2 N–H and O–H groups in total. The van der Waals surface area contributed by atoms with Gasteiger partial charge in [-0.15, -0.1) is 0 Å². The van der Waals surface area contributed by atoms with Crippen LogP contribution in [0.2, 0.25) is 0 Å². The fourth-order valence-corrected chi connectivity index (χ4v) is 3.02. The Balaban J connectivity index is 0.00000106. The Hall–Kier alpha value is -3.15. The van der Waals surface area contributed by atoms with Gasteiger partial charge in [-0.05, 0) is 63.7 Å². The summed E-state index contributed by atoms with van der Waals surface area (Å²) in [5, 5.41) is 16.0. The summed E-state index contributed by atoms with van der Waals surface area (Å²) >= 11 is 1.10. The van der Waals surface area contributed by atoms with Crippen LogP contribution in [0, 0.1) is 17.2 Å². The maximum atomic E-state index is 9.45. The van der Waals surface area contributed by atoms with Gasteiger partial charge in [0.1, 0.15) is 11.8 Å². The molecule has 36 heavy (non-hydrogen) atoms. The minimum atomic E-state index is -0.0605. The van der Waals surface area contributed by atoms with E-state index < -0.39 is 0 Å². The van der Waals surface area contributed by atoms with E-state index in [1.165, 1.54) is 0 Å². The standard InChI is InChI=1S/C19H19N5OS.C4H10.C3H9N.C2H6/c1-4-13-9-17(25-11-13)12(3)21-18-19(24-26-23-18)22-16-8-6-7-14(5-2)15(16)10-20;2*1-4(2)3;1-2/h5-9,11-12H,2,4H2,1,3H3,(H,21,23)(H,22,24);4H,1-3H3;1-3H3;1-2H3/t12-;;;/m1.../s1. The fraction of sp³-hybridized carbons (Fsp3) is 0.464. The van der Waals surface area contributed by atoms with Crippen LogP contribution in [0.25, 0.3) is 6.08 Å². The topological polar surface area (TPSA) is 90.0 Å². The van der Waals surface area contributed by atoms with Gasteiger partial charge in [-0.1, -0.05) is 66.3 Å². The number of nitrogens with zero attached hydrogens (tertiary/aromatic N) is 4. The Bertz CT molecular complexity index is 1040. The summed E-state index contributed by atoms with van der Waals surface area (Å²) in [5.41, 5.74) is 3.11. The number of aryl methyl sites for hydroxylation is 1. The molecule has 0 saturated carbocycles. The van der Waals surface area contributed by atoms with Gasteiger partial charge in [0.25, 0.3) is 0 Å². The average Bonchev–Trinajstić information content (AvgIpc) is 3.49. The van der Waals surface area contributed by atoms with E-state index in [2.05, 4.69) is 59.7 Å². The van der Waals surface area contributed by atoms with Crippen molar-refractivity contribution in [1.29, 1.82) is 5.26 Å². The van der Waals surface area contributed by atoms with E-state index in [0.717, 1.165) is 41.0 Å². The minimum Gasteiger partial charge on any atom is -0.467 e. The van der Waals surface area contributed by atoms with Gasteiger partial charge in [-0.3, -0.25) is 0 Å². The fourth-order valence-electron chi connectivity index (χ4n) is 2.55. The average molecular weight is 513 g/mol. The van der Waals surface area contributed by atoms with E-state index in [4.69, 9.17) is 4.42 Å². The molecule has 2 aromatic heterocycles. The van der Waals surface area contributed by atoms with Crippen molar-refractivity contribution in [3.05, 3.63) is 59.6 Å². The first-order chi connectivity index (χ1) is 17.1. The van der Waals surface area contributed by atoms with Gasteiger partial charge in [-0.25, -0.2) is 0 Å². The largest absolute Gasteiger partial charge is 0.467 e. The summed E-state index contributed by atoms with van der Waals surface area (Å²) in [6.07, 6.45) is 4.36. The molecule has 0 spiro atoms. The minimum absolute atomic E-state index is 0.0605. The van der Waals surface area contributed by atoms with Gasteiger partial charge in [-0.2, -0.15) is 14.0 Å². The van der Waals surface area contributed by atoms with Crippen LogP contribution in [0.1, 0.15) is 77.0 Å². The highest BCUT2D eigenvalue weighted by Crippen LogP contribution is 2.30. The lowest BCUT2D eigenvalue weighted by atomic mass is 10.1. The second-order valence-electron chi connectivity index (χ2n) is 8.82. The normalized spacial score (nSPS) is 10.5. The lowest BCUT2D eigenvalue weighted by Crippen LogP contribution is -2.08. The number of nitriles is 1. The van der Waals surface area contributed by atoms with Gasteiger partial charge >= 0.3 is 0 Å². The van der Waals surface area contributed by atoms with Crippen molar-refractivity contribution in [3.8, 4) is 6.07 Å². The van der Waals surface area contributed by atoms with Crippen molar-refractivity contribution >= 4 is 35.1 Å². The van der Waals surface area contributed by atoms with Crippen molar-refractivity contribution < 1.29 is 4.42 Å². The third kappa shape index (κ3) is 12.0. The molecule has 0 bridgehead atoms. The zero-order valence-electron chi connectivity index (χ0n) is 23.6. The van der Waals surface area contributed by atoms with Gasteiger partial charge in [0.05, 0.1) is 35.3 Å². The Labute approximate surface area is 222 Å². The molecular formula is C28H44N6OS. The molecule has 0 amide bonds. The second-order valence-corrected chi connectivity index (χ2v) is 9.35. The number of aromatic nitrogens is 2. The molecule has 3 rings (SSSR count). The SMILES string of the molecule is C=Cc1cccc(Nc2nsnc2N[C@H](C)c2cc(CC)co2)c1C#N.CC.CC(C)C.CN(C)C. The molecule has 0 aliphatic heterocycles. The quantitative estimate of drug-likeness (QED) is 0.331. The Kier molecular flexibility index (Phi) is 16.6. The summed E-state index contributed by atoms with van der Waals surface area (Å²) < 4.78 is 14.2. The summed E-state index contributed by atoms with van der Waals surface area (Å²) in [5.74, 6) is 2.86. The van der Waals surface area contributed by atoms with Crippen molar-refractivity contribution in [2.75, 3.05) is 31.8 Å². The summed E-state index contributed by atoms with van der Waals surface area (Å²) in [6, 6.07) is 9.73. The number of hydrogen-bond donors (Lipinski definition) is 2. The Morgan fingerprint density at radius 3 is 2.22 bits per heavy atom. The zero-order valence-corrected chi connectivity index (χ0v) is 24.5. The van der Waals surface area contributed by atoms with E-state index >= 15 is 0 Å². The van der Waals surface area contributed by atoms with Crippen LogP contribution in [-0.4, -0.2) is 34.8 Å². The van der Waals surface area contributed by atoms with Crippen molar-refractivity contribution in [2.24, 2.45) is 5.92 Å². The predicted octanol–water partition coefficient (Wildman–Crippen LogP) is 7.99. The number of anilines is 3. The molecule has 0 fully saturated rings. The molecule has 3 aromatic rings. The number of furan rings is 1. The van der Waals surface area contributed by atoms with Crippen LogP contribution in [0.3, 0.4) is 0 Å². The molecule has 2 heterocycles. The van der Waals surface area contributed by atoms with Crippen molar-refractivity contribution in [1.82, 2.24) is 13.6 Å². The van der Waals surface area contributed by atoms with Crippen molar-refractivity contribution in [2.45, 2.75) is 60.9 Å². The molecule has 0 unspecified atom stereocenters. The molecule has 0 radical (unpaired) electrons. The summed E-state index contributed by atoms with van der Waals surface area (Å²) in [6.45, 7) is 18.3. The maximum absolute atomic E-state index is 9.45. The number of benzene rings is 1. The maximum Gasteiger partial charge on any atom is 0.188 e. The van der Waals surface area contributed by atoms with E-state index in [-0.39, 0.29) is 6.04 Å². The van der Waals surface area contributed by atoms with Crippen LogP contribution in [-0.2, 0) is 6.42 Å². The number of nitrogens with one attached hydrogen (secondary N) is 2. The van der Waals surface area contributed by atoms with Gasteiger partial charge in [0.2, 0.25) is 0 Å². The van der Waals surface area contributed by atoms with Crippen LogP contribution >= 0.6 is 11.7 Å². The lowest BCUT2D eigenvalue weighted by molar-refractivity contribution is 0.489. The number of hydrogen-bond acceptors (Lipinski definition) is 8. The third-order valence-corrected chi connectivity index (χ3v) is 4.56. The van der Waals surface area contributed by atoms with Crippen LogP contribution in [0.4, 0.5) is 17.3 Å². The summed E-state index contributed by atoms with van der Waals surface area (Å²) in [4.78, 5) is 2.00. The molecule has 0 saturated heterocycles. The molecule has 0 aliphatic rings. The van der Waals surface area contributed by atoms with Crippen LogP contribution in [0.5, 0.6) is 0 Å². The summed E-state index contributed by atoms with van der Waals surface area (Å²) in [7, 11) is 6.00. The highest BCUT2D eigenvalue weighted by molar-refractivity contribution is 6.99. The Morgan fingerprint density at radius 2 is 1.72 bits per heavy atom.